The lowest BCUT2D eigenvalue weighted by atomic mass is 10.1. The van der Waals surface area contributed by atoms with Crippen molar-refractivity contribution in [2.75, 3.05) is 5.73 Å². The summed E-state index contributed by atoms with van der Waals surface area (Å²) in [7, 11) is 0. The van der Waals surface area contributed by atoms with Gasteiger partial charge in [0, 0.05) is 0 Å². The third-order valence-corrected chi connectivity index (χ3v) is 3.04. The van der Waals surface area contributed by atoms with E-state index in [4.69, 9.17) is 28.9 Å². The summed E-state index contributed by atoms with van der Waals surface area (Å²) in [5, 5.41) is 7.59. The van der Waals surface area contributed by atoms with Crippen LogP contribution in [0.3, 0.4) is 0 Å². The second kappa shape index (κ2) is 4.74. The number of halogens is 3. The van der Waals surface area contributed by atoms with Crippen LogP contribution in [0.1, 0.15) is 25.5 Å². The van der Waals surface area contributed by atoms with E-state index < -0.39 is 5.82 Å². The molecule has 7 heteroatoms. The molecule has 18 heavy (non-hydrogen) atoms. The van der Waals surface area contributed by atoms with Crippen LogP contribution in [0.4, 0.5) is 10.2 Å². The van der Waals surface area contributed by atoms with Gasteiger partial charge in [0.1, 0.15) is 0 Å². The van der Waals surface area contributed by atoms with Crippen molar-refractivity contribution in [1.82, 2.24) is 15.0 Å². The van der Waals surface area contributed by atoms with Crippen molar-refractivity contribution in [2.45, 2.75) is 19.8 Å². The average Bonchev–Trinajstić information content (AvgIpc) is 2.67. The lowest BCUT2D eigenvalue weighted by molar-refractivity contribution is 0.627. The van der Waals surface area contributed by atoms with Crippen LogP contribution in [-0.4, -0.2) is 15.0 Å². The Hall–Kier alpha value is -1.33. The van der Waals surface area contributed by atoms with E-state index in [0.29, 0.717) is 11.5 Å². The van der Waals surface area contributed by atoms with Gasteiger partial charge in [-0.2, -0.15) is 0 Å². The molecule has 2 N–H and O–H groups in total. The molecule has 0 aliphatic heterocycles. The highest BCUT2D eigenvalue weighted by molar-refractivity contribution is 6.35. The molecule has 0 unspecified atom stereocenters. The Morgan fingerprint density at radius 2 is 1.83 bits per heavy atom. The van der Waals surface area contributed by atoms with E-state index in [9.17, 15) is 4.39 Å². The standard InChI is InChI=1S/C11H11Cl2FN4/c1-5(2)10-11(15)16-17-18(10)6-3-7(12)9(14)8(13)4-6/h3-5H,15H2,1-2H3. The molecule has 0 aliphatic rings. The highest BCUT2D eigenvalue weighted by Gasteiger charge is 2.17. The predicted octanol–water partition coefficient (Wildman–Crippen LogP) is 3.42. The number of benzene rings is 1. The Labute approximate surface area is 113 Å². The zero-order valence-electron chi connectivity index (χ0n) is 9.78. The first-order chi connectivity index (χ1) is 8.41. The number of hydrogen-bond donors (Lipinski definition) is 1. The van der Waals surface area contributed by atoms with Crippen LogP contribution in [0.25, 0.3) is 5.69 Å². The number of hydrogen-bond acceptors (Lipinski definition) is 3. The molecule has 0 saturated carbocycles. The van der Waals surface area contributed by atoms with Crippen molar-refractivity contribution in [3.8, 4) is 5.69 Å². The fraction of sp³-hybridized carbons (Fsp3) is 0.273. The summed E-state index contributed by atoms with van der Waals surface area (Å²) >= 11 is 11.5. The molecule has 0 aliphatic carbocycles. The quantitative estimate of drug-likeness (QED) is 0.862. The Balaban J connectivity index is 2.63. The molecule has 96 valence electrons. The van der Waals surface area contributed by atoms with Gasteiger partial charge >= 0.3 is 0 Å². The number of aromatic nitrogens is 3. The largest absolute Gasteiger partial charge is 0.381 e. The SMILES string of the molecule is CC(C)c1c(N)nnn1-c1cc(Cl)c(F)c(Cl)c1. The van der Waals surface area contributed by atoms with Crippen LogP contribution >= 0.6 is 23.2 Å². The normalized spacial score (nSPS) is 11.2. The predicted molar refractivity (Wildman–Crippen MR) is 69.8 cm³/mol. The smallest absolute Gasteiger partial charge is 0.169 e. The molecule has 0 spiro atoms. The van der Waals surface area contributed by atoms with E-state index in [-0.39, 0.29) is 16.0 Å². The summed E-state index contributed by atoms with van der Waals surface area (Å²) in [6.07, 6.45) is 0. The van der Waals surface area contributed by atoms with Gasteiger partial charge in [0.2, 0.25) is 0 Å². The maximum Gasteiger partial charge on any atom is 0.169 e. The number of nitrogen functional groups attached to an aromatic ring is 1. The van der Waals surface area contributed by atoms with E-state index >= 15 is 0 Å². The van der Waals surface area contributed by atoms with E-state index in [1.807, 2.05) is 13.8 Å². The van der Waals surface area contributed by atoms with Crippen LogP contribution in [0, 0.1) is 5.82 Å². The van der Waals surface area contributed by atoms with E-state index in [1.54, 1.807) is 0 Å². The molecule has 1 aromatic heterocycles. The molecule has 2 rings (SSSR count). The molecule has 2 aromatic rings. The first-order valence-electron chi connectivity index (χ1n) is 5.27. The molecule has 0 bridgehead atoms. The highest BCUT2D eigenvalue weighted by Crippen LogP contribution is 2.29. The number of rotatable bonds is 2. The zero-order chi connectivity index (χ0) is 13.4. The monoisotopic (exact) mass is 288 g/mol. The van der Waals surface area contributed by atoms with Crippen LogP contribution < -0.4 is 5.73 Å². The van der Waals surface area contributed by atoms with Gasteiger partial charge in [0.25, 0.3) is 0 Å². The fourth-order valence-corrected chi connectivity index (χ4v) is 2.17. The Kier molecular flexibility index (Phi) is 3.45. The molecule has 0 amide bonds. The van der Waals surface area contributed by atoms with Crippen molar-refractivity contribution in [3.05, 3.63) is 33.7 Å². The van der Waals surface area contributed by atoms with Gasteiger partial charge in [-0.25, -0.2) is 9.07 Å². The maximum absolute atomic E-state index is 13.4. The summed E-state index contributed by atoms with van der Waals surface area (Å²) in [6.45, 7) is 3.91. The van der Waals surface area contributed by atoms with E-state index in [1.165, 1.54) is 16.8 Å². The molecular weight excluding hydrogens is 278 g/mol. The van der Waals surface area contributed by atoms with Crippen LogP contribution in [0.2, 0.25) is 10.0 Å². The van der Waals surface area contributed by atoms with E-state index in [2.05, 4.69) is 10.3 Å². The summed E-state index contributed by atoms with van der Waals surface area (Å²) in [6, 6.07) is 2.87. The molecule has 0 radical (unpaired) electrons. The van der Waals surface area contributed by atoms with Gasteiger partial charge < -0.3 is 5.73 Å². The molecule has 4 nitrogen and oxygen atoms in total. The topological polar surface area (TPSA) is 56.7 Å². The molecule has 0 fully saturated rings. The average molecular weight is 289 g/mol. The lowest BCUT2D eigenvalue weighted by Gasteiger charge is -2.10. The minimum absolute atomic E-state index is 0.0683. The number of nitrogens with zero attached hydrogens (tertiary/aromatic N) is 3. The van der Waals surface area contributed by atoms with Crippen molar-refractivity contribution >= 4 is 29.0 Å². The molecular formula is C11H11Cl2FN4. The summed E-state index contributed by atoms with van der Waals surface area (Å²) < 4.78 is 14.9. The van der Waals surface area contributed by atoms with Crippen molar-refractivity contribution in [3.63, 3.8) is 0 Å². The second-order valence-electron chi connectivity index (χ2n) is 4.15. The number of anilines is 1. The summed E-state index contributed by atoms with van der Waals surface area (Å²) in [5.41, 5.74) is 7.01. The minimum Gasteiger partial charge on any atom is -0.381 e. The molecule has 0 atom stereocenters. The van der Waals surface area contributed by atoms with Gasteiger partial charge in [0.15, 0.2) is 11.6 Å². The first kappa shape index (κ1) is 13.1. The third kappa shape index (κ3) is 2.15. The Morgan fingerprint density at radius 1 is 1.28 bits per heavy atom. The van der Waals surface area contributed by atoms with Crippen molar-refractivity contribution < 1.29 is 4.39 Å². The fourth-order valence-electron chi connectivity index (χ4n) is 1.70. The van der Waals surface area contributed by atoms with E-state index in [0.717, 1.165) is 5.69 Å². The van der Waals surface area contributed by atoms with Gasteiger partial charge in [0.05, 0.1) is 21.4 Å². The minimum atomic E-state index is -0.652. The molecule has 1 heterocycles. The van der Waals surface area contributed by atoms with Crippen LogP contribution in [0.5, 0.6) is 0 Å². The number of nitrogens with two attached hydrogens (primary N) is 1. The summed E-state index contributed by atoms with van der Waals surface area (Å²) in [4.78, 5) is 0. The van der Waals surface area contributed by atoms with Gasteiger partial charge in [-0.3, -0.25) is 0 Å². The van der Waals surface area contributed by atoms with Crippen molar-refractivity contribution in [1.29, 1.82) is 0 Å². The first-order valence-corrected chi connectivity index (χ1v) is 6.03. The molecule has 1 aromatic carbocycles. The van der Waals surface area contributed by atoms with Gasteiger partial charge in [-0.15, -0.1) is 5.10 Å². The Morgan fingerprint density at radius 3 is 2.33 bits per heavy atom. The van der Waals surface area contributed by atoms with Crippen LogP contribution in [0.15, 0.2) is 12.1 Å². The van der Waals surface area contributed by atoms with Crippen molar-refractivity contribution in [2.24, 2.45) is 0 Å². The summed E-state index contributed by atoms with van der Waals surface area (Å²) in [5.74, 6) is -0.203. The lowest BCUT2D eigenvalue weighted by Crippen LogP contribution is -2.06. The van der Waals surface area contributed by atoms with Crippen LogP contribution in [-0.2, 0) is 0 Å². The maximum atomic E-state index is 13.4. The van der Waals surface area contributed by atoms with Gasteiger partial charge in [-0.05, 0) is 18.1 Å². The highest BCUT2D eigenvalue weighted by atomic mass is 35.5. The Bertz CT molecular complexity index is 572. The third-order valence-electron chi connectivity index (χ3n) is 2.49. The zero-order valence-corrected chi connectivity index (χ0v) is 11.3. The van der Waals surface area contributed by atoms with Gasteiger partial charge in [-0.1, -0.05) is 42.3 Å². The molecule has 0 saturated heterocycles. The second-order valence-corrected chi connectivity index (χ2v) is 4.96.